The van der Waals surface area contributed by atoms with E-state index in [9.17, 15) is 0 Å². The molecule has 0 aromatic carbocycles. The Bertz CT molecular complexity index is 176. The van der Waals surface area contributed by atoms with Crippen LogP contribution in [0.25, 0.3) is 0 Å². The molecule has 0 fully saturated rings. The summed E-state index contributed by atoms with van der Waals surface area (Å²) in [6, 6.07) is 0. The normalized spacial score (nSPS) is 12.2. The molecule has 0 N–H and O–H groups in total. The summed E-state index contributed by atoms with van der Waals surface area (Å²) in [5, 5.41) is 0. The zero-order valence-corrected chi connectivity index (χ0v) is 8.02. The summed E-state index contributed by atoms with van der Waals surface area (Å²) in [6.07, 6.45) is 9.68. The molecular weight excluding hydrogens is 132 g/mol. The molecule has 0 amide bonds. The largest absolute Gasteiger partial charge is 0.0819 e. The van der Waals surface area contributed by atoms with Gasteiger partial charge >= 0.3 is 0 Å². The van der Waals surface area contributed by atoms with Gasteiger partial charge in [-0.2, -0.15) is 0 Å². The summed E-state index contributed by atoms with van der Waals surface area (Å²) >= 11 is 0. The van der Waals surface area contributed by atoms with Crippen molar-refractivity contribution in [1.29, 1.82) is 0 Å². The molecule has 0 radical (unpaired) electrons. The van der Waals surface area contributed by atoms with Crippen LogP contribution in [0, 0.1) is 0 Å². The smallest absolute Gasteiger partial charge is 0.0374 e. The van der Waals surface area contributed by atoms with Crippen molar-refractivity contribution in [3.63, 3.8) is 0 Å². The fourth-order valence-electron chi connectivity index (χ4n) is 0.782. The van der Waals surface area contributed by atoms with E-state index in [-0.39, 0.29) is 0 Å². The van der Waals surface area contributed by atoms with Gasteiger partial charge < -0.3 is 0 Å². The lowest BCUT2D eigenvalue weighted by Gasteiger charge is -1.88. The minimum atomic E-state index is 1.12. The van der Waals surface area contributed by atoms with E-state index < -0.39 is 0 Å². The van der Waals surface area contributed by atoms with Gasteiger partial charge in [0.15, 0.2) is 0 Å². The van der Waals surface area contributed by atoms with Gasteiger partial charge in [-0.1, -0.05) is 42.4 Å². The van der Waals surface area contributed by atoms with E-state index in [1.165, 1.54) is 11.1 Å². The maximum atomic E-state index is 2.22. The highest BCUT2D eigenvalue weighted by atomic mass is 13.8. The van der Waals surface area contributed by atoms with Gasteiger partial charge in [0.1, 0.15) is 0 Å². The molecular formula is C11H18. The molecule has 11 heavy (non-hydrogen) atoms. The van der Waals surface area contributed by atoms with Crippen LogP contribution in [0.5, 0.6) is 0 Å². The van der Waals surface area contributed by atoms with E-state index >= 15 is 0 Å². The Morgan fingerprint density at radius 3 is 2.27 bits per heavy atom. The molecule has 0 nitrogen and oxygen atoms in total. The van der Waals surface area contributed by atoms with Crippen LogP contribution < -0.4 is 0 Å². The molecule has 62 valence electrons. The van der Waals surface area contributed by atoms with Crippen molar-refractivity contribution in [2.45, 2.75) is 34.1 Å². The maximum Gasteiger partial charge on any atom is -0.0374 e. The Morgan fingerprint density at radius 2 is 1.82 bits per heavy atom. The van der Waals surface area contributed by atoms with Gasteiger partial charge in [0.05, 0.1) is 0 Å². The first-order valence-corrected chi connectivity index (χ1v) is 4.15. The molecule has 0 saturated heterocycles. The van der Waals surface area contributed by atoms with Crippen LogP contribution in [-0.4, -0.2) is 0 Å². The van der Waals surface area contributed by atoms with Gasteiger partial charge in [-0.05, 0) is 27.2 Å². The van der Waals surface area contributed by atoms with E-state index in [1.807, 2.05) is 0 Å². The van der Waals surface area contributed by atoms with Crippen LogP contribution in [0.2, 0.25) is 0 Å². The second-order valence-electron chi connectivity index (χ2n) is 2.96. The molecule has 0 spiro atoms. The van der Waals surface area contributed by atoms with Crippen molar-refractivity contribution in [1.82, 2.24) is 0 Å². The summed E-state index contributed by atoms with van der Waals surface area (Å²) in [7, 11) is 0. The second kappa shape index (κ2) is 5.96. The molecule has 0 heterocycles. The Kier molecular flexibility index (Phi) is 5.54. The zero-order chi connectivity index (χ0) is 8.69. The second-order valence-corrected chi connectivity index (χ2v) is 2.96. The number of hydrogen-bond donors (Lipinski definition) is 0. The van der Waals surface area contributed by atoms with Crippen molar-refractivity contribution in [3.8, 4) is 0 Å². The standard InChI is InChI=1S/C11H18/c1-5-7-11(4)9-6-8-10(2)3/h6-9H,5H2,1-4H3/b9-6+,11-7+. The summed E-state index contributed by atoms with van der Waals surface area (Å²) in [5.41, 5.74) is 2.68. The average Bonchev–Trinajstić information content (AvgIpc) is 1.87. The van der Waals surface area contributed by atoms with Crippen LogP contribution in [0.3, 0.4) is 0 Å². The lowest BCUT2D eigenvalue weighted by Crippen LogP contribution is -1.66. The Balaban J connectivity index is 3.93. The van der Waals surface area contributed by atoms with Gasteiger partial charge in [-0.3, -0.25) is 0 Å². The predicted molar refractivity (Wildman–Crippen MR) is 52.6 cm³/mol. The first-order chi connectivity index (χ1) is 5.16. The fourth-order valence-corrected chi connectivity index (χ4v) is 0.782. The first kappa shape index (κ1) is 10.2. The molecule has 0 unspecified atom stereocenters. The Morgan fingerprint density at radius 1 is 1.18 bits per heavy atom. The SMILES string of the molecule is CC/C=C(C)/C=C/C=C(C)C. The molecule has 0 aliphatic rings. The topological polar surface area (TPSA) is 0 Å². The van der Waals surface area contributed by atoms with Gasteiger partial charge in [-0.15, -0.1) is 0 Å². The predicted octanol–water partition coefficient (Wildman–Crippen LogP) is 3.87. The molecule has 0 aromatic rings. The number of rotatable bonds is 3. The van der Waals surface area contributed by atoms with Crippen LogP contribution in [-0.2, 0) is 0 Å². The highest BCUT2D eigenvalue weighted by Gasteiger charge is 1.77. The van der Waals surface area contributed by atoms with Gasteiger partial charge in [0.25, 0.3) is 0 Å². The van der Waals surface area contributed by atoms with Crippen molar-refractivity contribution in [2.24, 2.45) is 0 Å². The third-order valence-corrected chi connectivity index (χ3v) is 1.31. The number of hydrogen-bond acceptors (Lipinski definition) is 0. The molecule has 0 bridgehead atoms. The quantitative estimate of drug-likeness (QED) is 0.536. The van der Waals surface area contributed by atoms with E-state index in [2.05, 4.69) is 52.0 Å². The molecule has 0 aliphatic heterocycles. The van der Waals surface area contributed by atoms with Crippen molar-refractivity contribution in [3.05, 3.63) is 35.5 Å². The molecule has 0 aliphatic carbocycles. The third-order valence-electron chi connectivity index (χ3n) is 1.31. The average molecular weight is 150 g/mol. The highest BCUT2D eigenvalue weighted by Crippen LogP contribution is 1.98. The van der Waals surface area contributed by atoms with Crippen molar-refractivity contribution in [2.75, 3.05) is 0 Å². The Labute approximate surface area is 70.3 Å². The lowest BCUT2D eigenvalue weighted by atomic mass is 10.2. The fraction of sp³-hybridized carbons (Fsp3) is 0.455. The summed E-state index contributed by atoms with van der Waals surface area (Å²) < 4.78 is 0. The minimum Gasteiger partial charge on any atom is -0.0819 e. The molecule has 0 rings (SSSR count). The van der Waals surface area contributed by atoms with E-state index in [1.54, 1.807) is 0 Å². The zero-order valence-electron chi connectivity index (χ0n) is 8.02. The van der Waals surface area contributed by atoms with E-state index in [0.29, 0.717) is 0 Å². The van der Waals surface area contributed by atoms with Crippen LogP contribution in [0.15, 0.2) is 35.5 Å². The molecule has 0 aromatic heterocycles. The van der Waals surface area contributed by atoms with Crippen molar-refractivity contribution >= 4 is 0 Å². The number of allylic oxidation sites excluding steroid dienone is 6. The lowest BCUT2D eigenvalue weighted by molar-refractivity contribution is 1.20. The van der Waals surface area contributed by atoms with Gasteiger partial charge in [0, 0.05) is 0 Å². The van der Waals surface area contributed by atoms with E-state index in [0.717, 1.165) is 6.42 Å². The van der Waals surface area contributed by atoms with Gasteiger partial charge in [0.2, 0.25) is 0 Å². The van der Waals surface area contributed by atoms with Gasteiger partial charge in [-0.25, -0.2) is 0 Å². The molecule has 0 saturated carbocycles. The maximum absolute atomic E-state index is 2.22. The monoisotopic (exact) mass is 150 g/mol. The van der Waals surface area contributed by atoms with Crippen LogP contribution >= 0.6 is 0 Å². The van der Waals surface area contributed by atoms with Crippen LogP contribution in [0.4, 0.5) is 0 Å². The summed E-state index contributed by atoms with van der Waals surface area (Å²) in [6.45, 7) is 8.48. The molecule has 0 heteroatoms. The summed E-state index contributed by atoms with van der Waals surface area (Å²) in [4.78, 5) is 0. The van der Waals surface area contributed by atoms with Crippen LogP contribution in [0.1, 0.15) is 34.1 Å². The van der Waals surface area contributed by atoms with Crippen molar-refractivity contribution < 1.29 is 0 Å². The first-order valence-electron chi connectivity index (χ1n) is 4.15. The minimum absolute atomic E-state index is 1.12. The third kappa shape index (κ3) is 7.11. The van der Waals surface area contributed by atoms with E-state index in [4.69, 9.17) is 0 Å². The Hall–Kier alpha value is -0.780. The molecule has 0 atom stereocenters. The highest BCUT2D eigenvalue weighted by molar-refractivity contribution is 5.21. The summed E-state index contributed by atoms with van der Waals surface area (Å²) in [5.74, 6) is 0.